The quantitative estimate of drug-likeness (QED) is 0.652. The van der Waals surface area contributed by atoms with Crippen molar-refractivity contribution in [2.24, 2.45) is 4.99 Å². The van der Waals surface area contributed by atoms with Crippen LogP contribution in [0.4, 0.5) is 10.5 Å². The minimum atomic E-state index is -0.107. The lowest BCUT2D eigenvalue weighted by atomic mass is 9.97. The summed E-state index contributed by atoms with van der Waals surface area (Å²) in [5.41, 5.74) is 10.7. The maximum atomic E-state index is 12.0. The molecule has 25 heavy (non-hydrogen) atoms. The number of carbonyl (C=O) groups is 1. The van der Waals surface area contributed by atoms with Crippen LogP contribution >= 0.6 is 0 Å². The van der Waals surface area contributed by atoms with Crippen molar-refractivity contribution in [2.45, 2.75) is 6.54 Å². The zero-order valence-electron chi connectivity index (χ0n) is 14.5. The zero-order valence-corrected chi connectivity index (χ0v) is 14.5. The number of amides is 2. The minimum Gasteiger partial charge on any atom is -0.491 e. The maximum absolute atomic E-state index is 12.0. The molecule has 2 aromatic carbocycles. The molecule has 0 atom stereocenters. The lowest BCUT2D eigenvalue weighted by Gasteiger charge is -2.19. The van der Waals surface area contributed by atoms with E-state index in [1.165, 1.54) is 0 Å². The van der Waals surface area contributed by atoms with Gasteiger partial charge in [0.05, 0.1) is 13.1 Å². The molecule has 0 aromatic heterocycles. The van der Waals surface area contributed by atoms with Crippen molar-refractivity contribution in [3.63, 3.8) is 0 Å². The molecule has 0 spiro atoms. The number of anilines is 1. The molecule has 3 rings (SSSR count). The lowest BCUT2D eigenvalue weighted by molar-refractivity contribution is 0.190. The van der Waals surface area contributed by atoms with Gasteiger partial charge in [0.1, 0.15) is 12.4 Å². The van der Waals surface area contributed by atoms with Gasteiger partial charge < -0.3 is 20.7 Å². The van der Waals surface area contributed by atoms with Crippen LogP contribution in [0.3, 0.4) is 0 Å². The van der Waals surface area contributed by atoms with E-state index in [0.29, 0.717) is 25.4 Å². The third kappa shape index (κ3) is 3.42. The number of hydrogen-bond acceptors (Lipinski definition) is 4. The molecule has 0 unspecified atom stereocenters. The summed E-state index contributed by atoms with van der Waals surface area (Å²) < 4.78 is 5.79. The van der Waals surface area contributed by atoms with E-state index >= 15 is 0 Å². The highest BCUT2D eigenvalue weighted by atomic mass is 16.5. The molecule has 0 saturated heterocycles. The van der Waals surface area contributed by atoms with Crippen molar-refractivity contribution < 1.29 is 9.53 Å². The molecular weight excluding hydrogens is 316 g/mol. The summed E-state index contributed by atoms with van der Waals surface area (Å²) in [7, 11) is 3.36. The molecule has 1 heterocycles. The minimum absolute atomic E-state index is 0.107. The molecule has 0 radical (unpaired) electrons. The summed E-state index contributed by atoms with van der Waals surface area (Å²) in [6.07, 6.45) is 1.77. The second kappa shape index (κ2) is 7.25. The normalized spacial score (nSPS) is 13.9. The number of carbonyl (C=O) groups excluding carboxylic acids is 1. The largest absolute Gasteiger partial charge is 0.491 e. The molecule has 2 amide bonds. The van der Waals surface area contributed by atoms with Gasteiger partial charge >= 0.3 is 6.03 Å². The van der Waals surface area contributed by atoms with Gasteiger partial charge in [-0.2, -0.15) is 0 Å². The molecule has 0 fully saturated rings. The Kier molecular flexibility index (Phi) is 4.88. The summed E-state index contributed by atoms with van der Waals surface area (Å²) >= 11 is 0. The Hall–Kier alpha value is -3.02. The van der Waals surface area contributed by atoms with Gasteiger partial charge in [-0.05, 0) is 29.3 Å². The van der Waals surface area contributed by atoms with Crippen molar-refractivity contribution in [2.75, 3.05) is 33.0 Å². The summed E-state index contributed by atoms with van der Waals surface area (Å²) in [6, 6.07) is 11.7. The van der Waals surface area contributed by atoms with Gasteiger partial charge in [-0.3, -0.25) is 4.99 Å². The molecule has 3 N–H and O–H groups in total. The number of nitrogen functional groups attached to an aromatic ring is 1. The third-order valence-electron chi connectivity index (χ3n) is 4.25. The number of nitrogens with two attached hydrogens (primary N) is 1. The van der Waals surface area contributed by atoms with Crippen molar-refractivity contribution in [1.82, 2.24) is 10.2 Å². The Balaban J connectivity index is 2.03. The van der Waals surface area contributed by atoms with E-state index in [0.717, 1.165) is 28.0 Å². The number of urea groups is 1. The zero-order chi connectivity index (χ0) is 17.8. The van der Waals surface area contributed by atoms with Gasteiger partial charge in [0, 0.05) is 37.1 Å². The molecule has 0 aliphatic carbocycles. The van der Waals surface area contributed by atoms with Gasteiger partial charge in [-0.25, -0.2) is 4.79 Å². The fourth-order valence-electron chi connectivity index (χ4n) is 3.00. The summed E-state index contributed by atoms with van der Waals surface area (Å²) in [5.74, 6) is 0.810. The van der Waals surface area contributed by atoms with Crippen LogP contribution in [0.1, 0.15) is 11.1 Å². The average molecular weight is 338 g/mol. The first-order valence-electron chi connectivity index (χ1n) is 8.17. The molecule has 130 valence electrons. The first kappa shape index (κ1) is 16.8. The fourth-order valence-corrected chi connectivity index (χ4v) is 3.00. The number of aliphatic imine (C=N–C) groups is 1. The second-order valence-electron chi connectivity index (χ2n) is 5.84. The smallest absolute Gasteiger partial charge is 0.317 e. The number of benzene rings is 2. The molecule has 0 bridgehead atoms. The van der Waals surface area contributed by atoms with Crippen LogP contribution < -0.4 is 15.8 Å². The van der Waals surface area contributed by atoms with Gasteiger partial charge in [-0.15, -0.1) is 0 Å². The Bertz CT molecular complexity index is 817. The third-order valence-corrected chi connectivity index (χ3v) is 4.25. The second-order valence-corrected chi connectivity index (χ2v) is 5.84. The van der Waals surface area contributed by atoms with Gasteiger partial charge in [0.2, 0.25) is 0 Å². The molecule has 0 saturated carbocycles. The van der Waals surface area contributed by atoms with Crippen LogP contribution in [0.15, 0.2) is 41.4 Å². The number of nitrogens with one attached hydrogen (secondary N) is 1. The predicted molar refractivity (Wildman–Crippen MR) is 100 cm³/mol. The predicted octanol–water partition coefficient (Wildman–Crippen LogP) is 2.52. The van der Waals surface area contributed by atoms with E-state index in [2.05, 4.69) is 16.4 Å². The number of fused-ring (bicyclic) bond motifs is 1. The number of hydrogen-bond donors (Lipinski definition) is 2. The van der Waals surface area contributed by atoms with E-state index in [9.17, 15) is 4.79 Å². The Morgan fingerprint density at radius 3 is 2.96 bits per heavy atom. The van der Waals surface area contributed by atoms with E-state index in [1.807, 2.05) is 30.3 Å². The highest BCUT2D eigenvalue weighted by molar-refractivity contribution is 5.96. The average Bonchev–Trinajstić information content (AvgIpc) is 2.84. The van der Waals surface area contributed by atoms with Gasteiger partial charge in [-0.1, -0.05) is 18.2 Å². The van der Waals surface area contributed by atoms with Crippen LogP contribution in [0.5, 0.6) is 5.75 Å². The fraction of sp³-hybridized carbons (Fsp3) is 0.263. The van der Waals surface area contributed by atoms with Gasteiger partial charge in [0.15, 0.2) is 0 Å². The highest BCUT2D eigenvalue weighted by Gasteiger charge is 2.20. The van der Waals surface area contributed by atoms with Crippen molar-refractivity contribution in [3.8, 4) is 16.9 Å². The van der Waals surface area contributed by atoms with Crippen LogP contribution in [-0.2, 0) is 6.54 Å². The molecular formula is C19H22N4O2. The Morgan fingerprint density at radius 1 is 1.36 bits per heavy atom. The number of ether oxygens (including phenoxy) is 1. The Morgan fingerprint density at radius 2 is 2.20 bits per heavy atom. The van der Waals surface area contributed by atoms with E-state index in [1.54, 1.807) is 25.2 Å². The van der Waals surface area contributed by atoms with E-state index < -0.39 is 0 Å². The molecule has 6 heteroatoms. The van der Waals surface area contributed by atoms with Crippen molar-refractivity contribution in [1.29, 1.82) is 0 Å². The Labute approximate surface area is 147 Å². The standard InChI is InChI=1S/C19H22N4O2/c1-21-11-16-15(4-3-5-17(16)20)13-6-7-18-14(10-13)12-23(8-9-25-18)19(24)22-2/h3-7,10-11H,8-9,12,20H2,1-2H3,(H,22,24). The molecule has 1 aliphatic rings. The van der Waals surface area contributed by atoms with Gasteiger partial charge in [0.25, 0.3) is 0 Å². The van der Waals surface area contributed by atoms with Crippen LogP contribution in [0.2, 0.25) is 0 Å². The maximum Gasteiger partial charge on any atom is 0.317 e. The monoisotopic (exact) mass is 338 g/mol. The van der Waals surface area contributed by atoms with Crippen LogP contribution in [-0.4, -0.2) is 44.4 Å². The number of nitrogens with zero attached hydrogens (tertiary/aromatic N) is 2. The first-order valence-corrected chi connectivity index (χ1v) is 8.17. The lowest BCUT2D eigenvalue weighted by Crippen LogP contribution is -2.38. The molecule has 1 aliphatic heterocycles. The molecule has 2 aromatic rings. The topological polar surface area (TPSA) is 80.0 Å². The van der Waals surface area contributed by atoms with Crippen molar-refractivity contribution >= 4 is 17.9 Å². The van der Waals surface area contributed by atoms with Crippen LogP contribution in [0.25, 0.3) is 11.1 Å². The molecule has 6 nitrogen and oxygen atoms in total. The van der Waals surface area contributed by atoms with Crippen molar-refractivity contribution in [3.05, 3.63) is 47.5 Å². The first-order chi connectivity index (χ1) is 12.1. The van der Waals surface area contributed by atoms with Crippen LogP contribution in [0, 0.1) is 0 Å². The SMILES string of the molecule is CN=Cc1c(N)cccc1-c1ccc2c(c1)CN(C(=O)NC)CCO2. The summed E-state index contributed by atoms with van der Waals surface area (Å²) in [4.78, 5) is 17.8. The summed E-state index contributed by atoms with van der Waals surface area (Å²) in [5, 5.41) is 2.67. The van der Waals surface area contributed by atoms with E-state index in [-0.39, 0.29) is 6.03 Å². The summed E-state index contributed by atoms with van der Waals surface area (Å²) in [6.45, 7) is 1.53. The highest BCUT2D eigenvalue weighted by Crippen LogP contribution is 2.32. The number of rotatable bonds is 2. The van der Waals surface area contributed by atoms with E-state index in [4.69, 9.17) is 10.5 Å².